The van der Waals surface area contributed by atoms with Gasteiger partial charge in [-0.15, -0.1) is 0 Å². The van der Waals surface area contributed by atoms with E-state index in [1.54, 1.807) is 6.07 Å². The Labute approximate surface area is 152 Å². The van der Waals surface area contributed by atoms with Crippen molar-refractivity contribution in [3.8, 4) is 11.5 Å². The summed E-state index contributed by atoms with van der Waals surface area (Å²) < 4.78 is 5.17. The zero-order chi connectivity index (χ0) is 17.1. The van der Waals surface area contributed by atoms with Crippen LogP contribution in [0.4, 0.5) is 5.69 Å². The number of nitrogens with zero attached hydrogens (tertiary/aromatic N) is 2. The Morgan fingerprint density at radius 2 is 1.75 bits per heavy atom. The second kappa shape index (κ2) is 7.51. The fraction of sp³-hybridized carbons (Fsp3) is 0.333. The molecule has 0 radical (unpaired) electrons. The first-order valence-corrected chi connectivity index (χ1v) is 8.61. The van der Waals surface area contributed by atoms with Crippen LogP contribution in [0.15, 0.2) is 36.4 Å². The van der Waals surface area contributed by atoms with Gasteiger partial charge in [0.15, 0.2) is 11.5 Å². The average molecular weight is 367 g/mol. The first-order valence-electron chi connectivity index (χ1n) is 7.85. The molecule has 0 saturated carbocycles. The highest BCUT2D eigenvalue weighted by atomic mass is 35.5. The Kier molecular flexibility index (Phi) is 5.39. The number of methoxy groups -OCH3 is 1. The lowest BCUT2D eigenvalue weighted by Gasteiger charge is -2.36. The predicted octanol–water partition coefficient (Wildman–Crippen LogP) is 4.03. The van der Waals surface area contributed by atoms with E-state index in [1.165, 1.54) is 13.2 Å². The van der Waals surface area contributed by atoms with Gasteiger partial charge in [-0.3, -0.25) is 4.90 Å². The van der Waals surface area contributed by atoms with Crippen molar-refractivity contribution in [2.24, 2.45) is 0 Å². The maximum absolute atomic E-state index is 9.77. The van der Waals surface area contributed by atoms with E-state index < -0.39 is 0 Å². The van der Waals surface area contributed by atoms with Crippen molar-refractivity contribution in [3.63, 3.8) is 0 Å². The van der Waals surface area contributed by atoms with Crippen molar-refractivity contribution < 1.29 is 9.84 Å². The Bertz CT molecular complexity index is 716. The number of phenolic OH excluding ortho intramolecular Hbond substituents is 1. The summed E-state index contributed by atoms with van der Waals surface area (Å²) in [6, 6.07) is 11.3. The number of rotatable bonds is 4. The lowest BCUT2D eigenvalue weighted by molar-refractivity contribution is 0.249. The van der Waals surface area contributed by atoms with Gasteiger partial charge in [0.05, 0.1) is 17.8 Å². The number of benzene rings is 2. The first-order chi connectivity index (χ1) is 11.6. The molecular weight excluding hydrogens is 347 g/mol. The number of phenols is 1. The van der Waals surface area contributed by atoms with Gasteiger partial charge >= 0.3 is 0 Å². The van der Waals surface area contributed by atoms with Crippen LogP contribution in [0.3, 0.4) is 0 Å². The van der Waals surface area contributed by atoms with E-state index in [-0.39, 0.29) is 5.75 Å². The van der Waals surface area contributed by atoms with Gasteiger partial charge in [-0.1, -0.05) is 35.3 Å². The zero-order valence-corrected chi connectivity index (χ0v) is 15.0. The smallest absolute Gasteiger partial charge is 0.160 e. The quantitative estimate of drug-likeness (QED) is 0.885. The average Bonchev–Trinajstić information content (AvgIpc) is 2.58. The number of piperazine rings is 1. The molecule has 24 heavy (non-hydrogen) atoms. The molecule has 0 amide bonds. The van der Waals surface area contributed by atoms with E-state index >= 15 is 0 Å². The molecule has 1 heterocycles. The minimum absolute atomic E-state index is 0.0646. The molecule has 0 unspecified atom stereocenters. The summed E-state index contributed by atoms with van der Waals surface area (Å²) in [5.41, 5.74) is 2.04. The lowest BCUT2D eigenvalue weighted by Crippen LogP contribution is -2.46. The maximum Gasteiger partial charge on any atom is 0.160 e. The largest absolute Gasteiger partial charge is 0.504 e. The highest BCUT2D eigenvalue weighted by molar-refractivity contribution is 6.33. The topological polar surface area (TPSA) is 35.9 Å². The summed E-state index contributed by atoms with van der Waals surface area (Å²) in [6.07, 6.45) is 0. The second-order valence-corrected chi connectivity index (χ2v) is 6.64. The van der Waals surface area contributed by atoms with E-state index in [0.29, 0.717) is 10.8 Å². The molecule has 1 aliphatic heterocycles. The highest BCUT2D eigenvalue weighted by Gasteiger charge is 2.20. The van der Waals surface area contributed by atoms with Crippen molar-refractivity contribution in [1.29, 1.82) is 0 Å². The molecule has 6 heteroatoms. The molecule has 2 aromatic rings. The molecule has 2 aromatic carbocycles. The third-order valence-electron chi connectivity index (χ3n) is 4.31. The molecule has 1 fully saturated rings. The number of ether oxygens (including phenoxy) is 1. The van der Waals surface area contributed by atoms with Crippen LogP contribution in [0.25, 0.3) is 0 Å². The van der Waals surface area contributed by atoms with Gasteiger partial charge in [0.1, 0.15) is 0 Å². The number of aromatic hydroxyl groups is 1. The van der Waals surface area contributed by atoms with Crippen LogP contribution < -0.4 is 9.64 Å². The minimum atomic E-state index is 0.0646. The van der Waals surface area contributed by atoms with Gasteiger partial charge in [-0.05, 0) is 23.8 Å². The van der Waals surface area contributed by atoms with Crippen LogP contribution in [0.5, 0.6) is 11.5 Å². The van der Waals surface area contributed by atoms with Gasteiger partial charge in [-0.2, -0.15) is 0 Å². The Morgan fingerprint density at radius 3 is 2.42 bits per heavy atom. The van der Waals surface area contributed by atoms with Crippen LogP contribution in [0.1, 0.15) is 5.56 Å². The van der Waals surface area contributed by atoms with Gasteiger partial charge in [0.25, 0.3) is 0 Å². The molecule has 128 valence electrons. The van der Waals surface area contributed by atoms with Crippen LogP contribution in [0.2, 0.25) is 10.0 Å². The van der Waals surface area contributed by atoms with Gasteiger partial charge in [0.2, 0.25) is 0 Å². The summed E-state index contributed by atoms with van der Waals surface area (Å²) in [5, 5.41) is 11.1. The van der Waals surface area contributed by atoms with Crippen LogP contribution >= 0.6 is 23.2 Å². The lowest BCUT2D eigenvalue weighted by atomic mass is 10.1. The molecule has 1 aliphatic rings. The molecule has 0 bridgehead atoms. The summed E-state index contributed by atoms with van der Waals surface area (Å²) in [6.45, 7) is 4.40. The van der Waals surface area contributed by atoms with Crippen LogP contribution in [0, 0.1) is 0 Å². The molecule has 0 atom stereocenters. The van der Waals surface area contributed by atoms with Crippen molar-refractivity contribution >= 4 is 28.9 Å². The summed E-state index contributed by atoms with van der Waals surface area (Å²) in [7, 11) is 1.54. The summed E-state index contributed by atoms with van der Waals surface area (Å²) in [5.74, 6) is 0.513. The molecule has 0 aliphatic carbocycles. The van der Waals surface area contributed by atoms with Crippen LogP contribution in [-0.4, -0.2) is 43.3 Å². The van der Waals surface area contributed by atoms with Gasteiger partial charge < -0.3 is 14.7 Å². The third-order valence-corrected chi connectivity index (χ3v) is 4.98. The summed E-state index contributed by atoms with van der Waals surface area (Å²) >= 11 is 12.5. The van der Waals surface area contributed by atoms with Crippen molar-refractivity contribution in [2.45, 2.75) is 6.54 Å². The van der Waals surface area contributed by atoms with Crippen molar-refractivity contribution in [1.82, 2.24) is 4.90 Å². The van der Waals surface area contributed by atoms with Crippen molar-refractivity contribution in [2.75, 3.05) is 38.2 Å². The summed E-state index contributed by atoms with van der Waals surface area (Å²) in [4.78, 5) is 4.64. The molecule has 4 nitrogen and oxygen atoms in total. The standard InChI is InChI=1S/C18H20Cl2N2O2/c1-24-18-10-13(15(20)11-17(18)23)12-21-6-8-22(9-7-21)16-5-3-2-4-14(16)19/h2-5,10-11,23H,6-9,12H2,1H3. The Hall–Kier alpha value is -1.62. The van der Waals surface area contributed by atoms with E-state index in [9.17, 15) is 5.11 Å². The molecule has 1 saturated heterocycles. The molecule has 0 spiro atoms. The number of anilines is 1. The van der Waals surface area contributed by atoms with E-state index in [2.05, 4.69) is 15.9 Å². The van der Waals surface area contributed by atoms with Crippen LogP contribution in [-0.2, 0) is 6.54 Å². The monoisotopic (exact) mass is 366 g/mol. The van der Waals surface area contributed by atoms with Gasteiger partial charge in [0, 0.05) is 43.8 Å². The van der Waals surface area contributed by atoms with E-state index in [1.807, 2.05) is 18.2 Å². The number of para-hydroxylation sites is 1. The zero-order valence-electron chi connectivity index (χ0n) is 13.5. The first kappa shape index (κ1) is 17.2. The van der Waals surface area contributed by atoms with Crippen molar-refractivity contribution in [3.05, 3.63) is 52.0 Å². The minimum Gasteiger partial charge on any atom is -0.504 e. The van der Waals surface area contributed by atoms with E-state index in [4.69, 9.17) is 27.9 Å². The fourth-order valence-electron chi connectivity index (χ4n) is 2.97. The molecule has 0 aromatic heterocycles. The number of halogens is 2. The predicted molar refractivity (Wildman–Crippen MR) is 98.6 cm³/mol. The number of hydrogen-bond donors (Lipinski definition) is 1. The van der Waals surface area contributed by atoms with Gasteiger partial charge in [-0.25, -0.2) is 0 Å². The Balaban J connectivity index is 1.65. The fourth-order valence-corrected chi connectivity index (χ4v) is 3.44. The molecule has 3 rings (SSSR count). The number of hydrogen-bond acceptors (Lipinski definition) is 4. The molecule has 1 N–H and O–H groups in total. The van der Waals surface area contributed by atoms with E-state index in [0.717, 1.165) is 49.0 Å². The highest BCUT2D eigenvalue weighted by Crippen LogP contribution is 2.33. The molecular formula is C18H20Cl2N2O2. The normalized spacial score (nSPS) is 15.5. The SMILES string of the molecule is COc1cc(CN2CCN(c3ccccc3Cl)CC2)c(Cl)cc1O. The third kappa shape index (κ3) is 3.72. The second-order valence-electron chi connectivity index (χ2n) is 5.83. The maximum atomic E-state index is 9.77. The Morgan fingerprint density at radius 1 is 1.04 bits per heavy atom.